The highest BCUT2D eigenvalue weighted by Crippen LogP contribution is 2.42. The number of amides is 1. The molecule has 0 spiro atoms. The lowest BCUT2D eigenvalue weighted by Gasteiger charge is -2.32. The molecule has 58 heavy (non-hydrogen) atoms. The van der Waals surface area contributed by atoms with Crippen LogP contribution < -0.4 is 9.47 Å². The van der Waals surface area contributed by atoms with Crippen LogP contribution in [0.5, 0.6) is 11.5 Å². The summed E-state index contributed by atoms with van der Waals surface area (Å²) in [5.41, 5.74) is 1.25. The summed E-state index contributed by atoms with van der Waals surface area (Å²) < 4.78 is 20.9. The Morgan fingerprint density at radius 1 is 0.828 bits per heavy atom. The van der Waals surface area contributed by atoms with E-state index in [1.165, 1.54) is 83.5 Å². The van der Waals surface area contributed by atoms with Crippen LogP contribution in [0.1, 0.15) is 40.2 Å². The van der Waals surface area contributed by atoms with Gasteiger partial charge in [0.1, 0.15) is 24.1 Å². The second kappa shape index (κ2) is 18.0. The lowest BCUT2D eigenvalue weighted by molar-refractivity contribution is -0.385. The Hall–Kier alpha value is -7.40. The molecule has 5 aromatic rings. The number of rotatable bonds is 13. The van der Waals surface area contributed by atoms with E-state index in [0.717, 1.165) is 12.1 Å². The molecule has 1 aromatic heterocycles. The number of nitrogens with zero attached hydrogens (tertiary/aromatic N) is 4. The minimum Gasteiger partial charge on any atom is -0.451 e. The maximum absolute atomic E-state index is 14.4. The van der Waals surface area contributed by atoms with Crippen molar-refractivity contribution in [3.63, 3.8) is 0 Å². The maximum atomic E-state index is 14.4. The number of benzene rings is 4. The second-order valence-corrected chi connectivity index (χ2v) is 14.2. The van der Waals surface area contributed by atoms with Gasteiger partial charge in [0.2, 0.25) is 5.91 Å². The Bertz CT molecular complexity index is 2310. The number of nitro groups is 2. The molecule has 1 amide bonds. The van der Waals surface area contributed by atoms with Gasteiger partial charge in [0, 0.05) is 36.5 Å². The van der Waals surface area contributed by atoms with E-state index in [2.05, 4.69) is 4.98 Å². The van der Waals surface area contributed by atoms with Crippen molar-refractivity contribution in [3.8, 4) is 11.5 Å². The average molecular weight is 805 g/mol. The van der Waals surface area contributed by atoms with Crippen LogP contribution in [0.25, 0.3) is 6.08 Å². The van der Waals surface area contributed by atoms with Crippen LogP contribution >= 0.6 is 11.8 Å². The van der Waals surface area contributed by atoms with Crippen LogP contribution in [0.15, 0.2) is 134 Å². The van der Waals surface area contributed by atoms with E-state index in [4.69, 9.17) is 18.9 Å². The summed E-state index contributed by atoms with van der Waals surface area (Å²) in [6, 6.07) is 29.3. The van der Waals surface area contributed by atoms with Crippen molar-refractivity contribution in [1.82, 2.24) is 9.88 Å². The van der Waals surface area contributed by atoms with E-state index in [1.54, 1.807) is 55.5 Å². The lowest BCUT2D eigenvalue weighted by atomic mass is 9.98. The van der Waals surface area contributed by atoms with Gasteiger partial charge in [0.15, 0.2) is 6.10 Å². The number of pyridine rings is 1. The van der Waals surface area contributed by atoms with Crippen LogP contribution in [-0.4, -0.2) is 67.0 Å². The van der Waals surface area contributed by atoms with E-state index >= 15 is 0 Å². The lowest BCUT2D eigenvalue weighted by Crippen LogP contribution is -2.52. The summed E-state index contributed by atoms with van der Waals surface area (Å²) in [5.74, 6) is -2.13. The Labute approximate surface area is 334 Å². The van der Waals surface area contributed by atoms with Gasteiger partial charge in [-0.05, 0) is 60.5 Å². The highest BCUT2D eigenvalue weighted by atomic mass is 32.2. The number of thioether (sulfide) groups is 1. The third-order valence-electron chi connectivity index (χ3n) is 8.77. The molecule has 6 rings (SSSR count). The molecule has 17 heteroatoms. The smallest absolute Gasteiger partial charge is 0.451 e. The predicted molar refractivity (Wildman–Crippen MR) is 209 cm³/mol. The molecule has 294 valence electrons. The van der Waals surface area contributed by atoms with E-state index in [9.17, 15) is 39.4 Å². The fourth-order valence-electron chi connectivity index (χ4n) is 5.84. The second-order valence-electron chi connectivity index (χ2n) is 12.8. The fourth-order valence-corrected chi connectivity index (χ4v) is 7.07. The zero-order chi connectivity index (χ0) is 41.2. The molecule has 4 aromatic carbocycles. The quantitative estimate of drug-likeness (QED) is 0.0285. The molecule has 2 heterocycles. The molecule has 16 nitrogen and oxygen atoms in total. The first-order valence-corrected chi connectivity index (χ1v) is 18.3. The Morgan fingerprint density at radius 3 is 1.93 bits per heavy atom. The molecular formula is C41H32N4O12S. The van der Waals surface area contributed by atoms with Crippen molar-refractivity contribution in [3.05, 3.63) is 176 Å². The minimum atomic E-state index is -1.30. The van der Waals surface area contributed by atoms with Gasteiger partial charge in [-0.2, -0.15) is 0 Å². The minimum absolute atomic E-state index is 0.0106. The number of ether oxygens (including phenoxy) is 4. The van der Waals surface area contributed by atoms with E-state index in [-0.39, 0.29) is 40.0 Å². The molecular weight excluding hydrogens is 773 g/mol. The van der Waals surface area contributed by atoms with Gasteiger partial charge in [-0.3, -0.25) is 30.0 Å². The van der Waals surface area contributed by atoms with Crippen LogP contribution in [0, 0.1) is 20.2 Å². The van der Waals surface area contributed by atoms with Crippen molar-refractivity contribution in [2.24, 2.45) is 0 Å². The van der Waals surface area contributed by atoms with Crippen LogP contribution in [0.4, 0.5) is 16.2 Å². The van der Waals surface area contributed by atoms with Crippen LogP contribution in [-0.2, 0) is 19.1 Å². The number of esters is 2. The summed E-state index contributed by atoms with van der Waals surface area (Å²) in [4.78, 5) is 80.2. The summed E-state index contributed by atoms with van der Waals surface area (Å²) >= 11 is 1.17. The van der Waals surface area contributed by atoms with Crippen LogP contribution in [0.3, 0.4) is 0 Å². The molecule has 0 saturated carbocycles. The van der Waals surface area contributed by atoms with Crippen molar-refractivity contribution < 1.29 is 48.0 Å². The number of aromatic nitrogens is 1. The van der Waals surface area contributed by atoms with Gasteiger partial charge in [-0.25, -0.2) is 14.4 Å². The van der Waals surface area contributed by atoms with Gasteiger partial charge in [-0.15, -0.1) is 11.8 Å². The molecule has 1 fully saturated rings. The van der Waals surface area contributed by atoms with E-state index in [1.807, 2.05) is 12.1 Å². The van der Waals surface area contributed by atoms with Crippen molar-refractivity contribution in [1.29, 1.82) is 0 Å². The van der Waals surface area contributed by atoms with Gasteiger partial charge >= 0.3 is 18.1 Å². The molecule has 1 saturated heterocycles. The topological polar surface area (TPSA) is 208 Å². The highest BCUT2D eigenvalue weighted by molar-refractivity contribution is 8.01. The number of nitro benzene ring substituents is 2. The van der Waals surface area contributed by atoms with E-state index < -0.39 is 57.3 Å². The molecule has 0 aliphatic carbocycles. The Balaban J connectivity index is 1.21. The van der Waals surface area contributed by atoms with Gasteiger partial charge in [-0.1, -0.05) is 60.7 Å². The monoisotopic (exact) mass is 804 g/mol. The molecule has 1 unspecified atom stereocenters. The molecule has 0 radical (unpaired) electrons. The van der Waals surface area contributed by atoms with Gasteiger partial charge in [0.25, 0.3) is 11.4 Å². The number of carbonyl (C=O) groups is 4. The highest BCUT2D eigenvalue weighted by Gasteiger charge is 2.53. The normalized spacial score (nSPS) is 16.1. The molecule has 1 aliphatic rings. The summed E-state index contributed by atoms with van der Waals surface area (Å²) in [5, 5.41) is 22.0. The largest absolute Gasteiger partial charge is 0.513 e. The first kappa shape index (κ1) is 40.3. The Kier molecular flexibility index (Phi) is 12.5. The maximum Gasteiger partial charge on any atom is 0.513 e. The van der Waals surface area contributed by atoms with Crippen molar-refractivity contribution in [2.45, 2.75) is 23.8 Å². The number of non-ortho nitro benzene ring substituents is 2. The predicted octanol–water partition coefficient (Wildman–Crippen LogP) is 7.34. The number of hydrogen-bond donors (Lipinski definition) is 0. The van der Waals surface area contributed by atoms with Crippen molar-refractivity contribution >= 4 is 53.2 Å². The molecule has 0 bridgehead atoms. The molecule has 1 aliphatic heterocycles. The third kappa shape index (κ3) is 9.87. The third-order valence-corrected chi connectivity index (χ3v) is 10.2. The molecule has 2 atom stereocenters. The van der Waals surface area contributed by atoms with E-state index in [0.29, 0.717) is 11.1 Å². The summed E-state index contributed by atoms with van der Waals surface area (Å²) in [7, 11) is 0. The zero-order valence-electron chi connectivity index (χ0n) is 30.4. The summed E-state index contributed by atoms with van der Waals surface area (Å²) in [6.07, 6.45) is 1.86. The SMILES string of the molecule is CC1(COC(=O)Oc2ccc([N+](=O)[O-])cc2)SCN(C(=O)/C=C/c2cc(C(=O)Oc3ccc([N+](=O)[O-])cc3)ccn2)[C@H]1C(=O)OC(c1ccccc1)c1ccccc1. The zero-order valence-corrected chi connectivity index (χ0v) is 31.3. The van der Waals surface area contributed by atoms with Gasteiger partial charge < -0.3 is 23.8 Å². The number of hydrogen-bond acceptors (Lipinski definition) is 14. The van der Waals surface area contributed by atoms with Crippen molar-refractivity contribution in [2.75, 3.05) is 12.5 Å². The molecule has 0 N–H and O–H groups in total. The first-order valence-electron chi connectivity index (χ1n) is 17.3. The number of carbonyl (C=O) groups excluding carboxylic acids is 4. The summed E-state index contributed by atoms with van der Waals surface area (Å²) in [6.45, 7) is 1.24. The van der Waals surface area contributed by atoms with Gasteiger partial charge in [0.05, 0.1) is 31.7 Å². The Morgan fingerprint density at radius 2 is 1.38 bits per heavy atom. The standard InChI is InChI=1S/C41H32N4O12S/c1-41(25-54-40(49)56-34-19-15-32(16-20-34)45(52)53)37(39(48)57-36(27-8-4-2-5-9-27)28-10-6-3-7-11-28)43(26-58-41)35(46)21-12-30-24-29(22-23-42-30)38(47)55-33-17-13-31(14-18-33)44(50)51/h2-24,36-37H,25-26H2,1H3/b21-12+/t37-,41?/m0/s1. The van der Waals surface area contributed by atoms with Crippen LogP contribution in [0.2, 0.25) is 0 Å². The average Bonchev–Trinajstić information content (AvgIpc) is 3.59. The fraction of sp³-hybridized carbons (Fsp3) is 0.146. The first-order chi connectivity index (χ1) is 27.9.